The summed E-state index contributed by atoms with van der Waals surface area (Å²) in [6.45, 7) is 44.8. The summed E-state index contributed by atoms with van der Waals surface area (Å²) < 4.78 is 15.9. The van der Waals surface area contributed by atoms with Crippen LogP contribution in [-0.2, 0) is 19.2 Å². The molecule has 578 valence electrons. The number of anilines is 4. The standard InChI is InChI=1S/2C22H30N4O2.C21H29N5O2.C19H26N4O/c1-16(2)24-10-12-25(13-11-24)22(27)19-8-9-26(15-19)20-6-4-18(5-7-20)21-14-23-17(3)28-21;1-16(2)24-10-12-25(13-11-24)22(27)19-8-9-26(14-19)20-6-4-18(5-7-20)21-15-28-17(3)23-21;1-15(2)24-10-12-25(13-11-24)21(27)18-8-9-26(14-18)19-6-4-17(5-7-19)20-22-16(3)28-23-20;1-15(2)21-8-10-22(11-9-21)19(24)17-6-7-23(14-17)18-5-3-4-16(12-18)13-20/h4-7,14,16,19H,8-13,15H2,1-3H3;4-7,15-16,19H,8-14H2,1-3H3;4-7,15,18H,8-14H2,1-3H3;3-5,12,15,17H,6-11,14H2,1-2H3/t2*19-;18-;17-/m0000/s1. The second kappa shape index (κ2) is 36.4. The number of benzene rings is 4. The highest BCUT2D eigenvalue weighted by atomic mass is 16.5. The van der Waals surface area contributed by atoms with Gasteiger partial charge in [0.05, 0.1) is 41.5 Å². The van der Waals surface area contributed by atoms with Crippen LogP contribution in [0.2, 0.25) is 0 Å². The first-order valence-corrected chi connectivity index (χ1v) is 39.7. The fraction of sp³-hybridized carbons (Fsp3) is 0.560. The monoisotopic (exact) mass is 1470 g/mol. The third kappa shape index (κ3) is 19.8. The van der Waals surface area contributed by atoms with E-state index in [0.717, 1.165) is 222 Å². The summed E-state index contributed by atoms with van der Waals surface area (Å²) in [4.78, 5) is 91.7. The minimum absolute atomic E-state index is 0.0846. The Bertz CT molecular complexity index is 3770. The van der Waals surface area contributed by atoms with Crippen LogP contribution < -0.4 is 19.6 Å². The van der Waals surface area contributed by atoms with Crippen molar-refractivity contribution in [3.63, 3.8) is 0 Å². The van der Waals surface area contributed by atoms with Gasteiger partial charge in [0.25, 0.3) is 0 Å². The number of hydrogen-bond donors (Lipinski definition) is 0. The van der Waals surface area contributed by atoms with E-state index in [0.29, 0.717) is 76.9 Å². The quantitative estimate of drug-likeness (QED) is 0.0931. The SMILES string of the molecule is CC(C)N1CCN(C(=O)[C@H]2CCN(c3cccc(C#N)c3)C2)CC1.Cc1nc(-c2ccc(N3CC[C@H](C(=O)N4CCN(C(C)C)CC4)C3)cc2)co1.Cc1nc(-c2ccc(N3CC[C@H](C(=O)N4CCN(C(C)C)CC4)C3)cc2)no1.Cc1ncc(-c2ccc(N3CC[C@H](C(=O)N4CCN(C(C)C)CC4)C3)cc2)o1. The van der Waals surface area contributed by atoms with Gasteiger partial charge in [0.2, 0.25) is 35.3 Å². The first-order valence-electron chi connectivity index (χ1n) is 39.7. The first-order chi connectivity index (χ1) is 52.1. The average molecular weight is 1470 g/mol. The molecule has 4 amide bonds. The predicted molar refractivity (Wildman–Crippen MR) is 423 cm³/mol. The molecule has 8 fully saturated rings. The van der Waals surface area contributed by atoms with E-state index in [2.05, 4.69) is 196 Å². The lowest BCUT2D eigenvalue weighted by atomic mass is 10.1. The fourth-order valence-electron chi connectivity index (χ4n) is 16.3. The molecule has 3 aromatic heterocycles. The van der Waals surface area contributed by atoms with Gasteiger partial charge in [-0.15, -0.1) is 0 Å². The molecule has 24 nitrogen and oxygen atoms in total. The van der Waals surface area contributed by atoms with Crippen molar-refractivity contribution >= 4 is 46.4 Å². The van der Waals surface area contributed by atoms with Gasteiger partial charge < -0.3 is 52.6 Å². The maximum absolute atomic E-state index is 13.0. The molecule has 15 rings (SSSR count). The van der Waals surface area contributed by atoms with Crippen LogP contribution >= 0.6 is 0 Å². The number of rotatable bonds is 15. The second-order valence-electron chi connectivity index (χ2n) is 31.5. The van der Waals surface area contributed by atoms with Gasteiger partial charge >= 0.3 is 0 Å². The van der Waals surface area contributed by atoms with Crippen LogP contribution in [-0.4, -0.2) is 264 Å². The number of nitrogens with zero attached hydrogens (tertiary/aromatic N) is 17. The number of piperazine rings is 4. The van der Waals surface area contributed by atoms with Crippen molar-refractivity contribution in [3.8, 4) is 40.0 Å². The van der Waals surface area contributed by atoms with Gasteiger partial charge in [-0.05, 0) is 160 Å². The fourth-order valence-corrected chi connectivity index (χ4v) is 16.3. The molecule has 4 atom stereocenters. The van der Waals surface area contributed by atoms with E-state index in [1.807, 2.05) is 55.1 Å². The Balaban J connectivity index is 0.000000135. The highest BCUT2D eigenvalue weighted by Crippen LogP contribution is 2.33. The molecule has 0 unspecified atom stereocenters. The van der Waals surface area contributed by atoms with E-state index in [-0.39, 0.29) is 23.7 Å². The van der Waals surface area contributed by atoms with Crippen LogP contribution in [0.5, 0.6) is 0 Å². The summed E-state index contributed by atoms with van der Waals surface area (Å²) in [6.07, 6.45) is 7.15. The highest BCUT2D eigenvalue weighted by Gasteiger charge is 2.38. The smallest absolute Gasteiger partial charge is 0.227 e. The molecule has 0 saturated carbocycles. The lowest BCUT2D eigenvalue weighted by molar-refractivity contribution is -0.137. The Labute approximate surface area is 639 Å². The zero-order valence-electron chi connectivity index (χ0n) is 65.8. The van der Waals surface area contributed by atoms with Crippen molar-refractivity contribution in [2.45, 2.75) is 126 Å². The molecule has 24 heteroatoms. The third-order valence-corrected chi connectivity index (χ3v) is 23.2. The molecule has 4 aromatic carbocycles. The van der Waals surface area contributed by atoms with E-state index in [4.69, 9.17) is 18.6 Å². The number of aromatic nitrogens is 4. The number of hydrogen-bond acceptors (Lipinski definition) is 20. The maximum Gasteiger partial charge on any atom is 0.227 e. The lowest BCUT2D eigenvalue weighted by Gasteiger charge is -2.37. The van der Waals surface area contributed by atoms with Gasteiger partial charge in [-0.2, -0.15) is 10.2 Å². The zero-order chi connectivity index (χ0) is 76.1. The number of nitriles is 1. The number of carbonyl (C=O) groups is 4. The van der Waals surface area contributed by atoms with Crippen molar-refractivity contribution in [1.29, 1.82) is 5.26 Å². The average Bonchev–Trinajstić information content (AvgIpc) is 1.71. The van der Waals surface area contributed by atoms with E-state index in [1.165, 1.54) is 11.4 Å². The summed E-state index contributed by atoms with van der Waals surface area (Å²) in [5, 5.41) is 13.0. The van der Waals surface area contributed by atoms with Crippen molar-refractivity contribution in [1.82, 2.24) is 59.3 Å². The van der Waals surface area contributed by atoms with Gasteiger partial charge in [-0.3, -0.25) is 38.8 Å². The second-order valence-corrected chi connectivity index (χ2v) is 31.5. The van der Waals surface area contributed by atoms with E-state index >= 15 is 0 Å². The molecule has 0 radical (unpaired) electrons. The molecule has 8 aliphatic rings. The zero-order valence-corrected chi connectivity index (χ0v) is 65.8. The molecule has 8 aliphatic heterocycles. The van der Waals surface area contributed by atoms with Gasteiger partial charge in [0.1, 0.15) is 12.0 Å². The number of amides is 4. The van der Waals surface area contributed by atoms with Gasteiger partial charge in [0.15, 0.2) is 17.5 Å². The molecule has 0 aliphatic carbocycles. The Morgan fingerprint density at radius 1 is 0.417 bits per heavy atom. The van der Waals surface area contributed by atoms with Crippen LogP contribution in [0, 0.1) is 55.8 Å². The summed E-state index contributed by atoms with van der Waals surface area (Å²) in [6, 6.07) is 37.0. The minimum Gasteiger partial charge on any atom is -0.449 e. The summed E-state index contributed by atoms with van der Waals surface area (Å²) in [5.74, 6) is 5.02. The van der Waals surface area contributed by atoms with E-state index in [9.17, 15) is 19.2 Å². The topological polar surface area (TPSA) is 222 Å². The number of oxazole rings is 2. The van der Waals surface area contributed by atoms with Gasteiger partial charge in [-0.1, -0.05) is 23.4 Å². The van der Waals surface area contributed by atoms with Crippen molar-refractivity contribution in [3.05, 3.63) is 133 Å². The Morgan fingerprint density at radius 3 is 1.09 bits per heavy atom. The minimum atomic E-state index is 0.0846. The predicted octanol–water partition coefficient (Wildman–Crippen LogP) is 10.4. The largest absolute Gasteiger partial charge is 0.449 e. The van der Waals surface area contributed by atoms with Crippen LogP contribution in [0.15, 0.2) is 123 Å². The summed E-state index contributed by atoms with van der Waals surface area (Å²) >= 11 is 0. The van der Waals surface area contributed by atoms with E-state index < -0.39 is 0 Å². The van der Waals surface area contributed by atoms with E-state index in [1.54, 1.807) is 19.4 Å². The highest BCUT2D eigenvalue weighted by molar-refractivity contribution is 5.83. The van der Waals surface area contributed by atoms with Crippen LogP contribution in [0.4, 0.5) is 22.7 Å². The number of carbonyl (C=O) groups excluding carboxylic acids is 4. The molecule has 0 N–H and O–H groups in total. The van der Waals surface area contributed by atoms with Crippen LogP contribution in [0.3, 0.4) is 0 Å². The Hall–Kier alpha value is -9.15. The Kier molecular flexibility index (Phi) is 26.4. The van der Waals surface area contributed by atoms with Crippen molar-refractivity contribution < 1.29 is 32.5 Å². The molecule has 7 aromatic rings. The van der Waals surface area contributed by atoms with Gasteiger partial charge in [0, 0.05) is 241 Å². The van der Waals surface area contributed by atoms with Gasteiger partial charge in [-0.25, -0.2) is 9.97 Å². The molecule has 0 spiro atoms. The van der Waals surface area contributed by atoms with Crippen LogP contribution in [0.25, 0.3) is 34.0 Å². The molecule has 108 heavy (non-hydrogen) atoms. The third-order valence-electron chi connectivity index (χ3n) is 23.2. The molecular formula is C84H115N17O7. The molecule has 8 saturated heterocycles. The molecule has 0 bridgehead atoms. The maximum atomic E-state index is 13.0. The number of aryl methyl sites for hydroxylation is 3. The first kappa shape index (κ1) is 78.4. The normalized spacial score (nSPS) is 21.2. The van der Waals surface area contributed by atoms with Crippen LogP contribution in [0.1, 0.15) is 104 Å². The summed E-state index contributed by atoms with van der Waals surface area (Å²) in [7, 11) is 0. The lowest BCUT2D eigenvalue weighted by Crippen LogP contribution is -2.52. The molecule has 11 heterocycles. The molecular weight excluding hydrogens is 1360 g/mol. The Morgan fingerprint density at radius 2 is 0.778 bits per heavy atom. The van der Waals surface area contributed by atoms with Crippen molar-refractivity contribution in [2.75, 3.05) is 177 Å². The summed E-state index contributed by atoms with van der Waals surface area (Å²) in [5.41, 5.74) is 9.08. The van der Waals surface area contributed by atoms with Crippen molar-refractivity contribution in [2.24, 2.45) is 23.7 Å².